The predicted octanol–water partition coefficient (Wildman–Crippen LogP) is 3.19. The molecule has 22 heavy (non-hydrogen) atoms. The maximum absolute atomic E-state index is 12.3. The Morgan fingerprint density at radius 3 is 2.86 bits per heavy atom. The van der Waals surface area contributed by atoms with Crippen molar-refractivity contribution >= 4 is 11.7 Å². The van der Waals surface area contributed by atoms with Gasteiger partial charge < -0.3 is 10.1 Å². The lowest BCUT2D eigenvalue weighted by Crippen LogP contribution is -2.19. The van der Waals surface area contributed by atoms with E-state index in [0.29, 0.717) is 12.5 Å². The Labute approximate surface area is 130 Å². The van der Waals surface area contributed by atoms with Gasteiger partial charge in [-0.3, -0.25) is 4.79 Å². The summed E-state index contributed by atoms with van der Waals surface area (Å²) in [6.45, 7) is 0. The van der Waals surface area contributed by atoms with Gasteiger partial charge in [-0.15, -0.1) is 0 Å². The summed E-state index contributed by atoms with van der Waals surface area (Å²) in [5.74, 6) is 1.47. The maximum Gasteiger partial charge on any atom is 0.230 e. The second-order valence-corrected chi connectivity index (χ2v) is 5.64. The topological polar surface area (TPSA) is 56.1 Å². The molecule has 1 amide bonds. The molecule has 1 N–H and O–H groups in total. The Kier molecular flexibility index (Phi) is 4.42. The zero-order valence-corrected chi connectivity index (χ0v) is 12.8. The molecule has 1 fully saturated rings. The number of methoxy groups -OCH3 is 1. The van der Waals surface area contributed by atoms with Crippen LogP contribution in [-0.2, 0) is 11.2 Å². The number of amides is 1. The van der Waals surface area contributed by atoms with Gasteiger partial charge in [0, 0.05) is 11.6 Å². The number of carbonyl (C=O) groups excluding carboxylic acids is 1. The van der Waals surface area contributed by atoms with Crippen molar-refractivity contribution in [3.8, 4) is 5.75 Å². The van der Waals surface area contributed by atoms with Crippen LogP contribution in [0.5, 0.6) is 5.75 Å². The SMILES string of the molecule is COc1ccccc1CC(=O)Nc1ccnn1C1CCCC1. The molecular weight excluding hydrogens is 278 g/mol. The van der Waals surface area contributed by atoms with Crippen LogP contribution in [0.15, 0.2) is 36.5 Å². The van der Waals surface area contributed by atoms with E-state index < -0.39 is 0 Å². The number of hydrogen-bond donors (Lipinski definition) is 1. The van der Waals surface area contributed by atoms with E-state index in [0.717, 1.165) is 30.0 Å². The molecular formula is C17H21N3O2. The number of aromatic nitrogens is 2. The number of anilines is 1. The molecule has 1 heterocycles. The minimum absolute atomic E-state index is 0.0516. The van der Waals surface area contributed by atoms with Crippen LogP contribution in [0.2, 0.25) is 0 Å². The molecule has 2 aromatic rings. The number of rotatable bonds is 5. The van der Waals surface area contributed by atoms with E-state index in [9.17, 15) is 4.79 Å². The van der Waals surface area contributed by atoms with Gasteiger partial charge in [-0.1, -0.05) is 31.0 Å². The fourth-order valence-corrected chi connectivity index (χ4v) is 3.06. The van der Waals surface area contributed by atoms with Gasteiger partial charge in [-0.05, 0) is 18.9 Å². The van der Waals surface area contributed by atoms with E-state index in [1.807, 2.05) is 35.0 Å². The van der Waals surface area contributed by atoms with Gasteiger partial charge in [0.15, 0.2) is 0 Å². The summed E-state index contributed by atoms with van der Waals surface area (Å²) in [6.07, 6.45) is 6.78. The quantitative estimate of drug-likeness (QED) is 0.922. The van der Waals surface area contributed by atoms with E-state index in [1.54, 1.807) is 13.3 Å². The van der Waals surface area contributed by atoms with Gasteiger partial charge in [0.05, 0.1) is 25.8 Å². The molecule has 116 valence electrons. The maximum atomic E-state index is 12.3. The fourth-order valence-electron chi connectivity index (χ4n) is 3.06. The third-order valence-corrected chi connectivity index (χ3v) is 4.15. The van der Waals surface area contributed by atoms with Crippen molar-refractivity contribution in [3.05, 3.63) is 42.1 Å². The lowest BCUT2D eigenvalue weighted by atomic mass is 10.1. The summed E-state index contributed by atoms with van der Waals surface area (Å²) in [6, 6.07) is 9.86. The Bertz CT molecular complexity index is 645. The smallest absolute Gasteiger partial charge is 0.230 e. The molecule has 0 aliphatic heterocycles. The standard InChI is InChI=1S/C17H21N3O2/c1-22-15-9-5-2-6-13(15)12-17(21)19-16-10-11-18-20(16)14-7-3-4-8-14/h2,5-6,9-11,14H,3-4,7-8,12H2,1H3,(H,19,21). The highest BCUT2D eigenvalue weighted by Gasteiger charge is 2.20. The fraction of sp³-hybridized carbons (Fsp3) is 0.412. The summed E-state index contributed by atoms with van der Waals surface area (Å²) in [4.78, 5) is 12.3. The van der Waals surface area contributed by atoms with Crippen molar-refractivity contribution in [2.45, 2.75) is 38.1 Å². The van der Waals surface area contributed by atoms with Crippen LogP contribution in [0, 0.1) is 0 Å². The first-order chi connectivity index (χ1) is 10.8. The number of carbonyl (C=O) groups is 1. The second-order valence-electron chi connectivity index (χ2n) is 5.64. The molecule has 0 spiro atoms. The first-order valence-electron chi connectivity index (χ1n) is 7.73. The Balaban J connectivity index is 1.68. The average molecular weight is 299 g/mol. The number of hydrogen-bond acceptors (Lipinski definition) is 3. The van der Waals surface area contributed by atoms with Crippen LogP contribution in [0.1, 0.15) is 37.3 Å². The van der Waals surface area contributed by atoms with E-state index in [2.05, 4.69) is 10.4 Å². The molecule has 0 saturated heterocycles. The third kappa shape index (κ3) is 3.13. The highest BCUT2D eigenvalue weighted by atomic mass is 16.5. The molecule has 0 atom stereocenters. The van der Waals surface area contributed by atoms with Gasteiger partial charge in [-0.2, -0.15) is 5.10 Å². The van der Waals surface area contributed by atoms with Gasteiger partial charge in [0.2, 0.25) is 5.91 Å². The minimum atomic E-state index is -0.0516. The van der Waals surface area contributed by atoms with Crippen LogP contribution in [0.25, 0.3) is 0 Å². The Morgan fingerprint density at radius 2 is 2.09 bits per heavy atom. The molecule has 1 aromatic carbocycles. The van der Waals surface area contributed by atoms with Crippen molar-refractivity contribution in [3.63, 3.8) is 0 Å². The van der Waals surface area contributed by atoms with E-state index in [-0.39, 0.29) is 5.91 Å². The number of nitrogens with one attached hydrogen (secondary N) is 1. The van der Waals surface area contributed by atoms with Gasteiger partial charge in [-0.25, -0.2) is 4.68 Å². The van der Waals surface area contributed by atoms with Gasteiger partial charge >= 0.3 is 0 Å². The van der Waals surface area contributed by atoms with Crippen molar-refractivity contribution in [2.24, 2.45) is 0 Å². The van der Waals surface area contributed by atoms with E-state index in [1.165, 1.54) is 12.8 Å². The summed E-state index contributed by atoms with van der Waals surface area (Å²) in [7, 11) is 1.62. The van der Waals surface area contributed by atoms with Crippen LogP contribution >= 0.6 is 0 Å². The number of nitrogens with zero attached hydrogens (tertiary/aromatic N) is 2. The zero-order chi connectivity index (χ0) is 15.4. The first kappa shape index (κ1) is 14.6. The van der Waals surface area contributed by atoms with E-state index in [4.69, 9.17) is 4.74 Å². The predicted molar refractivity (Wildman–Crippen MR) is 85.1 cm³/mol. The van der Waals surface area contributed by atoms with Crippen molar-refractivity contribution in [1.82, 2.24) is 9.78 Å². The molecule has 5 nitrogen and oxygen atoms in total. The summed E-state index contributed by atoms with van der Waals surface area (Å²) in [5, 5.41) is 7.34. The highest BCUT2D eigenvalue weighted by Crippen LogP contribution is 2.31. The molecule has 0 bridgehead atoms. The Morgan fingerprint density at radius 1 is 1.32 bits per heavy atom. The third-order valence-electron chi connectivity index (χ3n) is 4.15. The lowest BCUT2D eigenvalue weighted by Gasteiger charge is -2.15. The molecule has 1 aliphatic rings. The van der Waals surface area contributed by atoms with Crippen molar-refractivity contribution in [2.75, 3.05) is 12.4 Å². The van der Waals surface area contributed by atoms with Crippen LogP contribution < -0.4 is 10.1 Å². The van der Waals surface area contributed by atoms with E-state index >= 15 is 0 Å². The van der Waals surface area contributed by atoms with Crippen LogP contribution in [-0.4, -0.2) is 22.8 Å². The molecule has 1 aliphatic carbocycles. The number of ether oxygens (including phenoxy) is 1. The van der Waals surface area contributed by atoms with Gasteiger partial charge in [0.1, 0.15) is 11.6 Å². The molecule has 5 heteroatoms. The molecule has 1 saturated carbocycles. The highest BCUT2D eigenvalue weighted by molar-refractivity contribution is 5.91. The lowest BCUT2D eigenvalue weighted by molar-refractivity contribution is -0.115. The zero-order valence-electron chi connectivity index (χ0n) is 12.8. The Hall–Kier alpha value is -2.30. The van der Waals surface area contributed by atoms with Crippen LogP contribution in [0.3, 0.4) is 0 Å². The summed E-state index contributed by atoms with van der Waals surface area (Å²) >= 11 is 0. The summed E-state index contributed by atoms with van der Waals surface area (Å²) in [5.41, 5.74) is 0.884. The minimum Gasteiger partial charge on any atom is -0.496 e. The largest absolute Gasteiger partial charge is 0.496 e. The molecule has 0 unspecified atom stereocenters. The molecule has 1 aromatic heterocycles. The normalized spacial score (nSPS) is 15.0. The molecule has 3 rings (SSSR count). The second kappa shape index (κ2) is 6.64. The van der Waals surface area contributed by atoms with Gasteiger partial charge in [0.25, 0.3) is 0 Å². The van der Waals surface area contributed by atoms with Crippen molar-refractivity contribution in [1.29, 1.82) is 0 Å². The van der Waals surface area contributed by atoms with Crippen LogP contribution in [0.4, 0.5) is 5.82 Å². The number of para-hydroxylation sites is 1. The monoisotopic (exact) mass is 299 g/mol. The van der Waals surface area contributed by atoms with Crippen molar-refractivity contribution < 1.29 is 9.53 Å². The average Bonchev–Trinajstić information content (AvgIpc) is 3.18. The first-order valence-corrected chi connectivity index (χ1v) is 7.73. The summed E-state index contributed by atoms with van der Waals surface area (Å²) < 4.78 is 7.24. The number of benzene rings is 1. The molecule has 0 radical (unpaired) electrons.